The van der Waals surface area contributed by atoms with Crippen molar-refractivity contribution in [2.75, 3.05) is 37.6 Å². The Balaban J connectivity index is 2.09. The van der Waals surface area contributed by atoms with Crippen LogP contribution in [-0.4, -0.2) is 54.7 Å². The molecule has 6 heteroatoms. The van der Waals surface area contributed by atoms with Crippen LogP contribution in [0.25, 0.3) is 0 Å². The minimum Gasteiger partial charge on any atom is -0.355 e. The lowest BCUT2D eigenvalue weighted by atomic mass is 10.2. The Kier molecular flexibility index (Phi) is 7.12. The zero-order valence-corrected chi connectivity index (χ0v) is 15.6. The number of thioether (sulfide) groups is 1. The number of hydrogen-bond donors (Lipinski definition) is 1. The number of benzene rings is 1. The lowest BCUT2D eigenvalue weighted by Crippen LogP contribution is -2.44. The summed E-state index contributed by atoms with van der Waals surface area (Å²) in [6.07, 6.45) is 0.966. The van der Waals surface area contributed by atoms with Gasteiger partial charge in [-0.1, -0.05) is 26.0 Å². The molecule has 0 bridgehead atoms. The largest absolute Gasteiger partial charge is 0.355 e. The summed E-state index contributed by atoms with van der Waals surface area (Å²) >= 11 is 1.82. The van der Waals surface area contributed by atoms with Crippen LogP contribution < -0.4 is 10.2 Å². The van der Waals surface area contributed by atoms with Gasteiger partial charge >= 0.3 is 0 Å². The quantitative estimate of drug-likeness (QED) is 0.857. The van der Waals surface area contributed by atoms with Crippen LogP contribution in [0.15, 0.2) is 29.2 Å². The molecule has 1 aliphatic heterocycles. The summed E-state index contributed by atoms with van der Waals surface area (Å²) in [6.45, 7) is 8.60. The molecule has 2 amide bonds. The predicted octanol–water partition coefficient (Wildman–Crippen LogP) is 2.36. The van der Waals surface area contributed by atoms with Crippen molar-refractivity contribution in [2.45, 2.75) is 37.3 Å². The third-order valence-corrected chi connectivity index (χ3v) is 5.33. The molecular formula is C18H27N3O2S. The number of anilines is 1. The van der Waals surface area contributed by atoms with E-state index in [9.17, 15) is 9.59 Å². The number of nitrogens with zero attached hydrogens (tertiary/aromatic N) is 2. The van der Waals surface area contributed by atoms with Crippen molar-refractivity contribution in [3.8, 4) is 0 Å². The fourth-order valence-electron chi connectivity index (χ4n) is 2.76. The van der Waals surface area contributed by atoms with Crippen LogP contribution in [-0.2, 0) is 9.59 Å². The highest BCUT2D eigenvalue weighted by Gasteiger charge is 2.25. The Labute approximate surface area is 148 Å². The molecule has 1 aromatic rings. The van der Waals surface area contributed by atoms with E-state index in [0.29, 0.717) is 18.3 Å². The van der Waals surface area contributed by atoms with Gasteiger partial charge < -0.3 is 10.2 Å². The minimum absolute atomic E-state index is 0.0346. The Bertz CT molecular complexity index is 579. The van der Waals surface area contributed by atoms with Crippen LogP contribution >= 0.6 is 11.8 Å². The summed E-state index contributed by atoms with van der Waals surface area (Å²) < 4.78 is 0. The Morgan fingerprint density at radius 3 is 2.75 bits per heavy atom. The summed E-state index contributed by atoms with van der Waals surface area (Å²) in [5.74, 6) is 0.0240. The average molecular weight is 350 g/mol. The molecule has 0 spiro atoms. The van der Waals surface area contributed by atoms with Crippen molar-refractivity contribution in [3.05, 3.63) is 24.3 Å². The van der Waals surface area contributed by atoms with Gasteiger partial charge in [0.15, 0.2) is 0 Å². The van der Waals surface area contributed by atoms with Crippen molar-refractivity contribution in [2.24, 2.45) is 0 Å². The van der Waals surface area contributed by atoms with E-state index in [1.54, 1.807) is 0 Å². The molecule has 2 rings (SSSR count). The molecule has 1 N–H and O–H groups in total. The van der Waals surface area contributed by atoms with Gasteiger partial charge in [-0.15, -0.1) is 11.8 Å². The number of amides is 2. The third-order valence-electron chi connectivity index (χ3n) is 4.09. The second kappa shape index (κ2) is 9.08. The molecule has 1 heterocycles. The molecule has 0 aromatic heterocycles. The number of nitrogens with one attached hydrogen (secondary N) is 1. The Morgan fingerprint density at radius 1 is 1.29 bits per heavy atom. The average Bonchev–Trinajstić information content (AvgIpc) is 2.72. The number of hydrogen-bond acceptors (Lipinski definition) is 4. The predicted molar refractivity (Wildman–Crippen MR) is 99.5 cm³/mol. The molecular weight excluding hydrogens is 322 g/mol. The summed E-state index contributed by atoms with van der Waals surface area (Å²) in [4.78, 5) is 29.6. The molecule has 0 aliphatic carbocycles. The maximum atomic E-state index is 12.9. The number of rotatable bonds is 6. The van der Waals surface area contributed by atoms with Gasteiger partial charge in [-0.3, -0.25) is 14.5 Å². The van der Waals surface area contributed by atoms with Crippen LogP contribution in [0.1, 0.15) is 27.2 Å². The van der Waals surface area contributed by atoms with Gasteiger partial charge in [-0.25, -0.2) is 0 Å². The molecule has 0 radical (unpaired) electrons. The highest BCUT2D eigenvalue weighted by atomic mass is 32.2. The highest BCUT2D eigenvalue weighted by molar-refractivity contribution is 8.00. The van der Waals surface area contributed by atoms with Gasteiger partial charge in [0.25, 0.3) is 0 Å². The van der Waals surface area contributed by atoms with Gasteiger partial charge in [0.2, 0.25) is 11.8 Å². The van der Waals surface area contributed by atoms with Crippen LogP contribution in [0, 0.1) is 0 Å². The molecule has 1 aromatic carbocycles. The van der Waals surface area contributed by atoms with Crippen LogP contribution in [0.2, 0.25) is 0 Å². The van der Waals surface area contributed by atoms with Crippen molar-refractivity contribution >= 4 is 29.3 Å². The molecule has 1 atom stereocenters. The van der Waals surface area contributed by atoms with Crippen LogP contribution in [0.4, 0.5) is 5.69 Å². The maximum absolute atomic E-state index is 12.9. The Morgan fingerprint density at radius 2 is 2.04 bits per heavy atom. The molecule has 132 valence electrons. The van der Waals surface area contributed by atoms with Gasteiger partial charge in [-0.05, 0) is 32.0 Å². The summed E-state index contributed by atoms with van der Waals surface area (Å²) in [7, 11) is 0. The van der Waals surface area contributed by atoms with E-state index in [1.165, 1.54) is 0 Å². The van der Waals surface area contributed by atoms with Gasteiger partial charge in [0.05, 0.1) is 18.8 Å². The lowest BCUT2D eigenvalue weighted by molar-refractivity contribution is -0.123. The smallest absolute Gasteiger partial charge is 0.241 e. The summed E-state index contributed by atoms with van der Waals surface area (Å²) in [5, 5.41) is 3.27. The maximum Gasteiger partial charge on any atom is 0.241 e. The number of likely N-dealkylation sites (N-methyl/N-ethyl adjacent to an activating group) is 2. The third kappa shape index (κ3) is 4.98. The van der Waals surface area contributed by atoms with Crippen LogP contribution in [0.5, 0.6) is 0 Å². The number of carbonyl (C=O) groups is 2. The lowest BCUT2D eigenvalue weighted by Gasteiger charge is -2.26. The van der Waals surface area contributed by atoms with E-state index < -0.39 is 0 Å². The van der Waals surface area contributed by atoms with E-state index in [4.69, 9.17) is 0 Å². The number of fused-ring (bicyclic) bond motifs is 1. The second-order valence-corrected chi connectivity index (χ2v) is 7.47. The summed E-state index contributed by atoms with van der Waals surface area (Å²) in [6, 6.07) is 8.08. The van der Waals surface area contributed by atoms with E-state index in [0.717, 1.165) is 23.5 Å². The zero-order valence-electron chi connectivity index (χ0n) is 14.7. The van der Waals surface area contributed by atoms with Crippen molar-refractivity contribution in [3.63, 3.8) is 0 Å². The molecule has 0 fully saturated rings. The molecule has 0 unspecified atom stereocenters. The molecule has 5 nitrogen and oxygen atoms in total. The fraction of sp³-hybridized carbons (Fsp3) is 0.556. The van der Waals surface area contributed by atoms with E-state index >= 15 is 0 Å². The Hall–Kier alpha value is -1.53. The number of carbonyl (C=O) groups excluding carboxylic acids is 2. The zero-order chi connectivity index (χ0) is 17.5. The van der Waals surface area contributed by atoms with Crippen molar-refractivity contribution < 1.29 is 9.59 Å². The van der Waals surface area contributed by atoms with Crippen molar-refractivity contribution in [1.82, 2.24) is 10.2 Å². The standard InChI is InChI=1S/C18H27N3O2S/c1-4-19-17(22)12-20(5-2)13-18(23)21-11-10-14(3)24-16-9-7-6-8-15(16)21/h6-9,14H,4-5,10-13H2,1-3H3,(H,19,22)/t14-/m1/s1. The first kappa shape index (κ1) is 18.8. The highest BCUT2D eigenvalue weighted by Crippen LogP contribution is 2.37. The molecule has 1 aliphatic rings. The van der Waals surface area contributed by atoms with Gasteiger partial charge in [0, 0.05) is 23.2 Å². The first-order valence-corrected chi connectivity index (χ1v) is 9.48. The molecule has 24 heavy (non-hydrogen) atoms. The van der Waals surface area contributed by atoms with Gasteiger partial charge in [0.1, 0.15) is 0 Å². The molecule has 0 saturated heterocycles. The normalized spacial score (nSPS) is 17.3. The second-order valence-electron chi connectivity index (χ2n) is 5.99. The number of para-hydroxylation sites is 1. The fourth-order valence-corrected chi connectivity index (χ4v) is 3.87. The monoisotopic (exact) mass is 349 g/mol. The van der Waals surface area contributed by atoms with E-state index in [2.05, 4.69) is 18.3 Å². The van der Waals surface area contributed by atoms with Crippen molar-refractivity contribution in [1.29, 1.82) is 0 Å². The first-order valence-electron chi connectivity index (χ1n) is 8.60. The van der Waals surface area contributed by atoms with E-state index in [-0.39, 0.29) is 24.9 Å². The SMILES string of the molecule is CCNC(=O)CN(CC)CC(=O)N1CC[C@@H](C)Sc2ccccc21. The summed E-state index contributed by atoms with van der Waals surface area (Å²) in [5.41, 5.74) is 0.992. The van der Waals surface area contributed by atoms with E-state index in [1.807, 2.05) is 53.6 Å². The van der Waals surface area contributed by atoms with Gasteiger partial charge in [-0.2, -0.15) is 0 Å². The minimum atomic E-state index is -0.0346. The van der Waals surface area contributed by atoms with Crippen LogP contribution in [0.3, 0.4) is 0 Å². The molecule has 0 saturated carbocycles. The topological polar surface area (TPSA) is 52.7 Å². The first-order chi connectivity index (χ1) is 11.5.